The van der Waals surface area contributed by atoms with Gasteiger partial charge in [-0.05, 0) is 117 Å². The van der Waals surface area contributed by atoms with E-state index in [1.165, 1.54) is 0 Å². The van der Waals surface area contributed by atoms with Crippen LogP contribution in [0.4, 0.5) is 0 Å². The quantitative estimate of drug-likeness (QED) is 0.147. The average Bonchev–Trinajstić information content (AvgIpc) is 3.63. The van der Waals surface area contributed by atoms with Crippen LogP contribution < -0.4 is 0 Å². The van der Waals surface area contributed by atoms with Gasteiger partial charge in [-0.1, -0.05) is 152 Å². The molecule has 6 aromatic carbocycles. The van der Waals surface area contributed by atoms with Crippen LogP contribution in [0.15, 0.2) is 128 Å². The monoisotopic (exact) mass is 998 g/mol. The molecule has 0 spiro atoms. The van der Waals surface area contributed by atoms with Gasteiger partial charge in [-0.15, -0.1) is 29.3 Å². The van der Waals surface area contributed by atoms with E-state index in [1.54, 1.807) is 0 Å². The normalized spacial score (nSPS) is 13.0. The van der Waals surface area contributed by atoms with Crippen LogP contribution in [0.1, 0.15) is 117 Å². The molecule has 0 aliphatic carbocycles. The third-order valence-corrected chi connectivity index (χ3v) is 11.8. The number of phenols is 1. The molecule has 4 nitrogen and oxygen atoms in total. The maximum absolute atomic E-state index is 11.7. The first-order chi connectivity index (χ1) is 30.0. The van der Waals surface area contributed by atoms with Crippen LogP contribution in [0.5, 0.6) is 5.75 Å². The topological polar surface area (TPSA) is 50.9 Å². The van der Waals surface area contributed by atoms with Gasteiger partial charge in [-0.3, -0.25) is 9.55 Å². The molecule has 0 aliphatic rings. The Morgan fingerprint density at radius 3 is 1.92 bits per heavy atom. The third kappa shape index (κ3) is 8.60. The molecule has 0 radical (unpaired) electrons. The molecule has 0 saturated heterocycles. The Hall–Kier alpha value is -5.57. The van der Waals surface area contributed by atoms with Crippen molar-refractivity contribution in [2.24, 2.45) is 0 Å². The number of pyridine rings is 1. The Kier molecular flexibility index (Phi) is 11.5. The number of aromatic hydroxyl groups is 1. The van der Waals surface area contributed by atoms with Gasteiger partial charge in [0.15, 0.2) is 0 Å². The van der Waals surface area contributed by atoms with Gasteiger partial charge in [-0.25, -0.2) is 4.98 Å². The van der Waals surface area contributed by atoms with Crippen molar-refractivity contribution in [3.63, 3.8) is 0 Å². The predicted octanol–water partition coefficient (Wildman–Crippen LogP) is 15.5. The molecule has 0 atom stereocenters. The summed E-state index contributed by atoms with van der Waals surface area (Å²) >= 11 is 0. The molecule has 5 heteroatoms. The van der Waals surface area contributed by atoms with Crippen molar-refractivity contribution >= 4 is 11.0 Å². The number of fused-ring (bicyclic) bond motifs is 1. The van der Waals surface area contributed by atoms with Crippen LogP contribution in [0.25, 0.3) is 72.7 Å². The zero-order valence-corrected chi connectivity index (χ0v) is 40.0. The summed E-state index contributed by atoms with van der Waals surface area (Å²) in [5.74, 6) is -1.65. The van der Waals surface area contributed by atoms with Gasteiger partial charge in [-0.2, -0.15) is 0 Å². The smallest absolute Gasteiger partial charge is 0.148 e. The molecule has 0 aliphatic heterocycles. The molecular weight excluding hydrogens is 938 g/mol. The Labute approximate surface area is 387 Å². The first-order valence-corrected chi connectivity index (χ1v) is 21.2. The van der Waals surface area contributed by atoms with Crippen molar-refractivity contribution in [3.8, 4) is 67.5 Å². The van der Waals surface area contributed by atoms with Crippen LogP contribution in [0.2, 0.25) is 0 Å². The fourth-order valence-corrected chi connectivity index (χ4v) is 8.40. The van der Waals surface area contributed by atoms with Crippen molar-refractivity contribution in [1.29, 1.82) is 0 Å². The molecule has 62 heavy (non-hydrogen) atoms. The first kappa shape index (κ1) is 40.5. The molecule has 318 valence electrons. The van der Waals surface area contributed by atoms with Crippen molar-refractivity contribution in [3.05, 3.63) is 167 Å². The van der Waals surface area contributed by atoms with Gasteiger partial charge in [0.05, 0.1) is 16.6 Å². The number of nitrogens with zero attached hydrogens (tertiary/aromatic N) is 3. The summed E-state index contributed by atoms with van der Waals surface area (Å²) in [6.07, 6.45) is 1.85. The number of imidazole rings is 1. The summed E-state index contributed by atoms with van der Waals surface area (Å²) in [6, 6.07) is 45.0. The standard InChI is InChI=1S/C57H58N3O.Pt/c1-34(2)39-18-20-40(21-19-39)42-26-27-58-51(33-42)44-30-43(31-45(32-44)57(9,10)11)49-16-13-17-52-54(49)59-56(50-29-37(7)28-38(8)55(50)61)60(52)46-24-22-41(23-25-46)53-47(35(3)4)14-12-15-48(53)36(5)6;/h12-29,31-36,61H,1-11H3;/q-1;/i34D,35D,36D;. The molecule has 2 aromatic heterocycles. The van der Waals surface area contributed by atoms with Crippen molar-refractivity contribution < 1.29 is 30.3 Å². The molecule has 1 N–H and O–H groups in total. The van der Waals surface area contributed by atoms with Crippen LogP contribution >= 0.6 is 0 Å². The number of hydrogen-bond acceptors (Lipinski definition) is 3. The third-order valence-electron chi connectivity index (χ3n) is 11.8. The minimum Gasteiger partial charge on any atom is -0.507 e. The second kappa shape index (κ2) is 17.7. The first-order valence-electron chi connectivity index (χ1n) is 22.7. The zero-order chi connectivity index (χ0) is 46.1. The zero-order valence-electron chi connectivity index (χ0n) is 40.7. The fraction of sp³-hybridized carbons (Fsp3) is 0.263. The van der Waals surface area contributed by atoms with Gasteiger partial charge in [0.1, 0.15) is 11.6 Å². The molecule has 0 fully saturated rings. The van der Waals surface area contributed by atoms with E-state index in [4.69, 9.17) is 14.1 Å². The second-order valence-electron chi connectivity index (χ2n) is 18.2. The summed E-state index contributed by atoms with van der Waals surface area (Å²) in [5.41, 5.74) is 16.0. The Bertz CT molecular complexity index is 3020. The molecule has 0 amide bonds. The van der Waals surface area contributed by atoms with Gasteiger partial charge in [0.2, 0.25) is 0 Å². The largest absolute Gasteiger partial charge is 0.507 e. The number of benzene rings is 6. The second-order valence-corrected chi connectivity index (χ2v) is 18.2. The van der Waals surface area contributed by atoms with Crippen molar-refractivity contribution in [2.45, 2.75) is 99.3 Å². The van der Waals surface area contributed by atoms with E-state index in [0.717, 1.165) is 94.7 Å². The summed E-state index contributed by atoms with van der Waals surface area (Å²) in [4.78, 5) is 10.3. The van der Waals surface area contributed by atoms with Crippen LogP contribution in [-0.4, -0.2) is 19.6 Å². The molecule has 0 unspecified atom stereocenters. The van der Waals surface area contributed by atoms with Crippen LogP contribution in [0, 0.1) is 19.9 Å². The maximum atomic E-state index is 11.7. The van der Waals surface area contributed by atoms with E-state index in [2.05, 4.69) is 104 Å². The van der Waals surface area contributed by atoms with Crippen molar-refractivity contribution in [1.82, 2.24) is 14.5 Å². The van der Waals surface area contributed by atoms with E-state index in [0.29, 0.717) is 11.4 Å². The van der Waals surface area contributed by atoms with E-state index in [9.17, 15) is 5.11 Å². The SMILES string of the molecule is [2H]C(C)(C)c1ccc(-c2ccnc(-c3[c-]c(-c4cccc5c4nc(-c4cc(C)cc(C)c4O)n5-c4ccc(-c5c(C([2H])(C)C)cccc5C([2H])(C)C)cc4)cc(C(C)(C)C)c3)c2)cc1.[Pt]. The molecular formula is C57H58N3OPt-. The summed E-state index contributed by atoms with van der Waals surface area (Å²) in [5, 5.41) is 11.7. The van der Waals surface area contributed by atoms with Gasteiger partial charge in [0, 0.05) is 42.8 Å². The minimum absolute atomic E-state index is 0. The number of aromatic nitrogens is 3. The van der Waals surface area contributed by atoms with E-state index in [1.807, 2.05) is 110 Å². The van der Waals surface area contributed by atoms with Gasteiger partial charge < -0.3 is 5.11 Å². The molecule has 0 saturated carbocycles. The average molecular weight is 999 g/mol. The molecule has 8 aromatic rings. The predicted molar refractivity (Wildman–Crippen MR) is 257 cm³/mol. The Morgan fingerprint density at radius 1 is 0.661 bits per heavy atom. The summed E-state index contributed by atoms with van der Waals surface area (Å²) in [6.45, 7) is 22.0. The minimum atomic E-state index is -0.882. The number of hydrogen-bond donors (Lipinski definition) is 1. The number of aryl methyl sites for hydroxylation is 2. The number of phenolic OH excluding ortho intramolecular Hbond substituents is 1. The van der Waals surface area contributed by atoms with E-state index < -0.39 is 17.7 Å². The van der Waals surface area contributed by atoms with Gasteiger partial charge >= 0.3 is 0 Å². The van der Waals surface area contributed by atoms with Crippen molar-refractivity contribution in [2.75, 3.05) is 0 Å². The van der Waals surface area contributed by atoms with Crippen LogP contribution in [0.3, 0.4) is 0 Å². The number of rotatable bonds is 9. The fourth-order valence-electron chi connectivity index (χ4n) is 8.40. The Balaban J connectivity index is 0.00000630. The van der Waals surface area contributed by atoms with Crippen LogP contribution in [-0.2, 0) is 26.5 Å². The van der Waals surface area contributed by atoms with E-state index >= 15 is 0 Å². The van der Waals surface area contributed by atoms with Gasteiger partial charge in [0.25, 0.3) is 0 Å². The van der Waals surface area contributed by atoms with E-state index in [-0.39, 0.29) is 32.2 Å². The number of para-hydroxylation sites is 1. The molecule has 0 bridgehead atoms. The summed E-state index contributed by atoms with van der Waals surface area (Å²) in [7, 11) is 0. The Morgan fingerprint density at radius 2 is 1.29 bits per heavy atom. The molecule has 8 rings (SSSR count). The summed E-state index contributed by atoms with van der Waals surface area (Å²) < 4.78 is 28.7. The maximum Gasteiger partial charge on any atom is 0.148 e. The molecule has 2 heterocycles.